The summed E-state index contributed by atoms with van der Waals surface area (Å²) >= 11 is 1.28. The number of thiazole rings is 1. The monoisotopic (exact) mass is 446 g/mol. The molecule has 2 aromatic heterocycles. The van der Waals surface area contributed by atoms with Crippen molar-refractivity contribution in [3.05, 3.63) is 101 Å². The Morgan fingerprint density at radius 3 is 2.26 bits per heavy atom. The highest BCUT2D eigenvalue weighted by atomic mass is 32.2. The van der Waals surface area contributed by atoms with Gasteiger partial charge in [-0.2, -0.15) is 8.42 Å². The van der Waals surface area contributed by atoms with Crippen molar-refractivity contribution in [1.82, 2.24) is 4.57 Å². The Balaban J connectivity index is 1.81. The fourth-order valence-corrected chi connectivity index (χ4v) is 5.72. The number of para-hydroxylation sites is 2. The number of aryl methyl sites for hydroxylation is 1. The molecule has 3 aromatic carbocycles. The zero-order valence-corrected chi connectivity index (χ0v) is 18.2. The maximum absolute atomic E-state index is 13.0. The van der Waals surface area contributed by atoms with E-state index >= 15 is 0 Å². The molecule has 0 aliphatic heterocycles. The lowest BCUT2D eigenvalue weighted by Crippen LogP contribution is -2.16. The Morgan fingerprint density at radius 2 is 1.52 bits per heavy atom. The van der Waals surface area contributed by atoms with E-state index in [1.165, 1.54) is 11.3 Å². The van der Waals surface area contributed by atoms with Crippen molar-refractivity contribution >= 4 is 32.3 Å². The summed E-state index contributed by atoms with van der Waals surface area (Å²) in [6.07, 6.45) is 0. The maximum atomic E-state index is 13.0. The van der Waals surface area contributed by atoms with Crippen molar-refractivity contribution < 1.29 is 12.8 Å². The minimum Gasteiger partial charge on any atom is -0.461 e. The molecule has 7 heteroatoms. The first kappa shape index (κ1) is 19.5. The second-order valence-corrected chi connectivity index (χ2v) is 9.42. The predicted octanol–water partition coefficient (Wildman–Crippen LogP) is 5.55. The van der Waals surface area contributed by atoms with Gasteiger partial charge in [0.25, 0.3) is 10.0 Å². The molecule has 0 radical (unpaired) electrons. The van der Waals surface area contributed by atoms with Gasteiger partial charge >= 0.3 is 0 Å². The van der Waals surface area contributed by atoms with Gasteiger partial charge in [-0.25, -0.2) is 0 Å². The number of furan rings is 1. The van der Waals surface area contributed by atoms with Crippen LogP contribution in [0.2, 0.25) is 0 Å². The lowest BCUT2D eigenvalue weighted by atomic mass is 10.1. The summed E-state index contributed by atoms with van der Waals surface area (Å²) in [4.78, 5) is 0.532. The average Bonchev–Trinajstić information content (AvgIpc) is 3.34. The highest BCUT2D eigenvalue weighted by Gasteiger charge is 2.20. The van der Waals surface area contributed by atoms with E-state index in [0.29, 0.717) is 4.80 Å². The summed E-state index contributed by atoms with van der Waals surface area (Å²) in [6.45, 7) is 1.92. The molecule has 0 amide bonds. The van der Waals surface area contributed by atoms with Crippen LogP contribution in [0.3, 0.4) is 0 Å². The smallest absolute Gasteiger partial charge is 0.285 e. The van der Waals surface area contributed by atoms with Crippen molar-refractivity contribution in [2.24, 2.45) is 4.40 Å². The fraction of sp³-hybridized carbons (Fsp3) is 0.0417. The van der Waals surface area contributed by atoms with Gasteiger partial charge in [-0.1, -0.05) is 54.6 Å². The SMILES string of the molecule is Cc1oc2ccccc2c1-c1csc(=NS(=O)(=O)c2ccccc2)n1-c1ccccc1. The zero-order chi connectivity index (χ0) is 21.4. The summed E-state index contributed by atoms with van der Waals surface area (Å²) in [5.41, 5.74) is 3.37. The van der Waals surface area contributed by atoms with Gasteiger partial charge < -0.3 is 4.42 Å². The second kappa shape index (κ2) is 7.68. The van der Waals surface area contributed by atoms with Gasteiger partial charge in [-0.3, -0.25) is 4.57 Å². The van der Waals surface area contributed by atoms with E-state index in [1.54, 1.807) is 30.3 Å². The number of fused-ring (bicyclic) bond motifs is 1. The molecule has 5 nitrogen and oxygen atoms in total. The van der Waals surface area contributed by atoms with Crippen molar-refractivity contribution in [2.45, 2.75) is 11.8 Å². The molecule has 0 fully saturated rings. The fourth-order valence-electron chi connectivity index (χ4n) is 3.61. The van der Waals surface area contributed by atoms with Gasteiger partial charge in [-0.15, -0.1) is 15.7 Å². The molecule has 0 spiro atoms. The van der Waals surface area contributed by atoms with Gasteiger partial charge in [0.05, 0.1) is 10.6 Å². The summed E-state index contributed by atoms with van der Waals surface area (Å²) in [5, 5.41) is 2.90. The van der Waals surface area contributed by atoms with E-state index in [9.17, 15) is 8.42 Å². The largest absolute Gasteiger partial charge is 0.461 e. The molecule has 2 heterocycles. The Labute approximate surface area is 183 Å². The topological polar surface area (TPSA) is 64.6 Å². The first-order valence-electron chi connectivity index (χ1n) is 9.65. The predicted molar refractivity (Wildman–Crippen MR) is 123 cm³/mol. The Kier molecular flexibility index (Phi) is 4.84. The molecule has 0 saturated carbocycles. The standard InChI is InChI=1S/C24H18N2O3S2/c1-17-23(20-14-8-9-15-22(20)29-17)21-16-30-24(26(21)18-10-4-2-5-11-18)25-31(27,28)19-12-6-3-7-13-19/h2-16H,1H3. The van der Waals surface area contributed by atoms with Gasteiger partial charge in [0, 0.05) is 22.0 Å². The van der Waals surface area contributed by atoms with Crippen LogP contribution in [0.25, 0.3) is 27.9 Å². The summed E-state index contributed by atoms with van der Waals surface area (Å²) in [6, 6.07) is 25.7. The molecule has 0 atom stereocenters. The lowest BCUT2D eigenvalue weighted by Gasteiger charge is -2.09. The van der Waals surface area contributed by atoms with E-state index in [0.717, 1.165) is 33.7 Å². The number of hydrogen-bond acceptors (Lipinski definition) is 4. The third-order valence-corrected chi connectivity index (χ3v) is 7.21. The van der Waals surface area contributed by atoms with Crippen LogP contribution in [0, 0.1) is 6.92 Å². The highest BCUT2D eigenvalue weighted by molar-refractivity contribution is 7.90. The number of aromatic nitrogens is 1. The molecule has 0 aliphatic carbocycles. The highest BCUT2D eigenvalue weighted by Crippen LogP contribution is 2.35. The lowest BCUT2D eigenvalue weighted by molar-refractivity contribution is 0.579. The van der Waals surface area contributed by atoms with Crippen LogP contribution < -0.4 is 4.80 Å². The minimum atomic E-state index is -3.86. The average molecular weight is 447 g/mol. The minimum absolute atomic E-state index is 0.162. The second-order valence-electron chi connectivity index (χ2n) is 6.98. The molecule has 0 bridgehead atoms. The Hall–Kier alpha value is -3.42. The van der Waals surface area contributed by atoms with Crippen LogP contribution >= 0.6 is 11.3 Å². The first-order valence-corrected chi connectivity index (χ1v) is 12.0. The molecular formula is C24H18N2O3S2. The molecule has 5 rings (SSSR count). The molecule has 0 unspecified atom stereocenters. The van der Waals surface area contributed by atoms with Crippen LogP contribution in [-0.2, 0) is 10.0 Å². The summed E-state index contributed by atoms with van der Waals surface area (Å²) in [5.74, 6) is 0.765. The molecule has 154 valence electrons. The maximum Gasteiger partial charge on any atom is 0.285 e. The van der Waals surface area contributed by atoms with E-state index in [4.69, 9.17) is 4.42 Å². The quantitative estimate of drug-likeness (QED) is 0.364. The number of hydrogen-bond donors (Lipinski definition) is 0. The van der Waals surface area contributed by atoms with Crippen LogP contribution in [-0.4, -0.2) is 13.0 Å². The summed E-state index contributed by atoms with van der Waals surface area (Å²) < 4.78 is 38.0. The number of benzene rings is 3. The van der Waals surface area contributed by atoms with E-state index in [-0.39, 0.29) is 4.90 Å². The van der Waals surface area contributed by atoms with Crippen molar-refractivity contribution in [1.29, 1.82) is 0 Å². The zero-order valence-electron chi connectivity index (χ0n) is 16.6. The summed E-state index contributed by atoms with van der Waals surface area (Å²) in [7, 11) is -3.86. The Bertz CT molecular complexity index is 1540. The Morgan fingerprint density at radius 1 is 0.871 bits per heavy atom. The van der Waals surface area contributed by atoms with Crippen molar-refractivity contribution in [3.63, 3.8) is 0 Å². The molecule has 31 heavy (non-hydrogen) atoms. The molecule has 0 saturated heterocycles. The van der Waals surface area contributed by atoms with Crippen LogP contribution in [0.5, 0.6) is 0 Å². The molecule has 0 aliphatic rings. The van der Waals surface area contributed by atoms with E-state index in [1.807, 2.05) is 71.5 Å². The number of rotatable bonds is 4. The first-order chi connectivity index (χ1) is 15.0. The molecular weight excluding hydrogens is 428 g/mol. The normalized spacial score (nSPS) is 12.5. The number of nitrogens with zero attached hydrogens (tertiary/aromatic N) is 2. The third-order valence-electron chi connectivity index (χ3n) is 4.99. The van der Waals surface area contributed by atoms with Crippen LogP contribution in [0.1, 0.15) is 5.76 Å². The van der Waals surface area contributed by atoms with Crippen molar-refractivity contribution in [2.75, 3.05) is 0 Å². The van der Waals surface area contributed by atoms with Gasteiger partial charge in [0.2, 0.25) is 4.80 Å². The van der Waals surface area contributed by atoms with Crippen molar-refractivity contribution in [3.8, 4) is 16.9 Å². The van der Waals surface area contributed by atoms with Gasteiger partial charge in [0.15, 0.2) is 0 Å². The van der Waals surface area contributed by atoms with Gasteiger partial charge in [-0.05, 0) is 37.3 Å². The van der Waals surface area contributed by atoms with Gasteiger partial charge in [0.1, 0.15) is 11.3 Å². The van der Waals surface area contributed by atoms with Crippen LogP contribution in [0.15, 0.2) is 104 Å². The van der Waals surface area contributed by atoms with E-state index < -0.39 is 10.0 Å². The number of sulfonamides is 1. The van der Waals surface area contributed by atoms with E-state index in [2.05, 4.69) is 4.40 Å². The molecule has 5 aromatic rings. The molecule has 0 N–H and O–H groups in total. The third kappa shape index (κ3) is 3.52. The van der Waals surface area contributed by atoms with Crippen LogP contribution in [0.4, 0.5) is 0 Å².